The lowest BCUT2D eigenvalue weighted by Gasteiger charge is -2.41. The molecule has 15 heavy (non-hydrogen) atoms. The molecular formula is C13H20O2. The highest BCUT2D eigenvalue weighted by molar-refractivity contribution is 5.26. The molecule has 2 heteroatoms. The zero-order valence-corrected chi connectivity index (χ0v) is 10.0. The van der Waals surface area contributed by atoms with E-state index in [1.807, 2.05) is 0 Å². The summed E-state index contributed by atoms with van der Waals surface area (Å²) in [6, 6.07) is 0. The first kappa shape index (κ1) is 10.6. The molecule has 2 rings (SSSR count). The second-order valence-electron chi connectivity index (χ2n) is 5.23. The predicted octanol–water partition coefficient (Wildman–Crippen LogP) is 3.60. The Labute approximate surface area is 92.0 Å². The molecule has 0 amide bonds. The number of allylic oxidation sites excluding steroid dienone is 1. The summed E-state index contributed by atoms with van der Waals surface area (Å²) in [6.45, 7) is 9.10. The summed E-state index contributed by atoms with van der Waals surface area (Å²) in [4.78, 5) is 0. The molecule has 0 fully saturated rings. The molecular weight excluding hydrogens is 188 g/mol. The molecule has 0 radical (unpaired) electrons. The van der Waals surface area contributed by atoms with Crippen molar-refractivity contribution in [1.29, 1.82) is 0 Å². The quantitative estimate of drug-likeness (QED) is 0.613. The molecule has 0 aromatic rings. The number of rotatable bonds is 1. The van der Waals surface area contributed by atoms with Gasteiger partial charge in [-0.25, -0.2) is 0 Å². The third-order valence-electron chi connectivity index (χ3n) is 4.03. The van der Waals surface area contributed by atoms with Crippen LogP contribution in [0.15, 0.2) is 23.7 Å². The van der Waals surface area contributed by atoms with E-state index in [4.69, 9.17) is 9.47 Å². The van der Waals surface area contributed by atoms with Gasteiger partial charge in [-0.3, -0.25) is 0 Å². The van der Waals surface area contributed by atoms with E-state index < -0.39 is 0 Å². The summed E-state index contributed by atoms with van der Waals surface area (Å²) in [6.07, 6.45) is 5.54. The maximum atomic E-state index is 5.49. The van der Waals surface area contributed by atoms with Crippen LogP contribution < -0.4 is 0 Å². The Hall–Kier alpha value is -0.920. The lowest BCUT2D eigenvalue weighted by atomic mass is 9.66. The fourth-order valence-corrected chi connectivity index (χ4v) is 2.62. The Bertz CT molecular complexity index is 304. The summed E-state index contributed by atoms with van der Waals surface area (Å²) in [5.74, 6) is 0.684. The topological polar surface area (TPSA) is 18.5 Å². The smallest absolute Gasteiger partial charge is 0.263 e. The molecule has 1 aliphatic heterocycles. The van der Waals surface area contributed by atoms with E-state index in [-0.39, 0.29) is 11.7 Å². The van der Waals surface area contributed by atoms with E-state index >= 15 is 0 Å². The van der Waals surface area contributed by atoms with Gasteiger partial charge < -0.3 is 9.47 Å². The van der Waals surface area contributed by atoms with Gasteiger partial charge in [0.25, 0.3) is 6.29 Å². The molecule has 0 aromatic heterocycles. The fourth-order valence-electron chi connectivity index (χ4n) is 2.62. The summed E-state index contributed by atoms with van der Waals surface area (Å²) >= 11 is 0. The van der Waals surface area contributed by atoms with Gasteiger partial charge in [0.15, 0.2) is 0 Å². The van der Waals surface area contributed by atoms with E-state index in [1.54, 1.807) is 12.5 Å². The van der Waals surface area contributed by atoms with E-state index in [0.29, 0.717) is 5.92 Å². The fraction of sp³-hybridized carbons (Fsp3) is 0.692. The van der Waals surface area contributed by atoms with Crippen molar-refractivity contribution in [2.75, 3.05) is 0 Å². The second kappa shape index (κ2) is 3.58. The largest absolute Gasteiger partial charge is 0.455 e. The van der Waals surface area contributed by atoms with Crippen molar-refractivity contribution in [2.45, 2.75) is 46.8 Å². The summed E-state index contributed by atoms with van der Waals surface area (Å²) < 4.78 is 11.0. The Kier molecular flexibility index (Phi) is 2.53. The minimum Gasteiger partial charge on any atom is -0.455 e. The second-order valence-corrected chi connectivity index (χ2v) is 5.23. The van der Waals surface area contributed by atoms with E-state index in [9.17, 15) is 0 Å². The highest BCUT2D eigenvalue weighted by atomic mass is 16.7. The summed E-state index contributed by atoms with van der Waals surface area (Å²) in [5.41, 5.74) is 2.96. The SMILES string of the molecule is CC1=C(C2OC=CO2)C(C)(C)C(C)CC1. The van der Waals surface area contributed by atoms with E-state index in [1.165, 1.54) is 24.0 Å². The van der Waals surface area contributed by atoms with Gasteiger partial charge in [0.05, 0.1) is 0 Å². The van der Waals surface area contributed by atoms with Crippen molar-refractivity contribution in [3.8, 4) is 0 Å². The van der Waals surface area contributed by atoms with Crippen LogP contribution in [-0.2, 0) is 9.47 Å². The van der Waals surface area contributed by atoms with Crippen LogP contribution in [0.25, 0.3) is 0 Å². The standard InChI is InChI=1S/C13H20O2/c1-9-5-6-10(2)13(3,4)11(9)12-14-7-8-15-12/h7-8,10,12H,5-6H2,1-4H3. The number of hydrogen-bond acceptors (Lipinski definition) is 2. The Balaban J connectivity index is 2.32. The van der Waals surface area contributed by atoms with Crippen molar-refractivity contribution < 1.29 is 9.47 Å². The lowest BCUT2D eigenvalue weighted by molar-refractivity contribution is -0.0152. The first-order valence-electron chi connectivity index (χ1n) is 5.69. The van der Waals surface area contributed by atoms with Crippen LogP contribution in [0.4, 0.5) is 0 Å². The molecule has 84 valence electrons. The van der Waals surface area contributed by atoms with E-state index in [0.717, 1.165) is 0 Å². The van der Waals surface area contributed by atoms with Gasteiger partial charge in [0.1, 0.15) is 12.5 Å². The summed E-state index contributed by atoms with van der Waals surface area (Å²) in [5, 5.41) is 0. The van der Waals surface area contributed by atoms with Gasteiger partial charge in [-0.05, 0) is 31.1 Å². The van der Waals surface area contributed by atoms with Crippen molar-refractivity contribution in [3.05, 3.63) is 23.7 Å². The highest BCUT2D eigenvalue weighted by Crippen LogP contribution is 2.47. The predicted molar refractivity (Wildman–Crippen MR) is 60.0 cm³/mol. The Morgan fingerprint density at radius 3 is 2.47 bits per heavy atom. The van der Waals surface area contributed by atoms with Gasteiger partial charge in [-0.2, -0.15) is 0 Å². The van der Waals surface area contributed by atoms with Gasteiger partial charge in [0, 0.05) is 5.57 Å². The van der Waals surface area contributed by atoms with Crippen LogP contribution in [0.1, 0.15) is 40.5 Å². The maximum Gasteiger partial charge on any atom is 0.263 e. The van der Waals surface area contributed by atoms with Crippen LogP contribution in [0.5, 0.6) is 0 Å². The molecule has 1 unspecified atom stereocenters. The first-order chi connectivity index (χ1) is 7.03. The first-order valence-corrected chi connectivity index (χ1v) is 5.69. The van der Waals surface area contributed by atoms with Crippen molar-refractivity contribution in [2.24, 2.45) is 11.3 Å². The van der Waals surface area contributed by atoms with Crippen molar-refractivity contribution in [3.63, 3.8) is 0 Å². The van der Waals surface area contributed by atoms with Gasteiger partial charge in [0.2, 0.25) is 0 Å². The average Bonchev–Trinajstić information content (AvgIpc) is 2.65. The molecule has 0 saturated carbocycles. The molecule has 2 nitrogen and oxygen atoms in total. The third-order valence-corrected chi connectivity index (χ3v) is 4.03. The molecule has 0 spiro atoms. The molecule has 0 saturated heterocycles. The van der Waals surface area contributed by atoms with Crippen LogP contribution in [0.3, 0.4) is 0 Å². The summed E-state index contributed by atoms with van der Waals surface area (Å²) in [7, 11) is 0. The zero-order valence-electron chi connectivity index (χ0n) is 10.0. The number of ether oxygens (including phenoxy) is 2. The highest BCUT2D eigenvalue weighted by Gasteiger charge is 2.40. The zero-order chi connectivity index (χ0) is 11.1. The maximum absolute atomic E-state index is 5.49. The van der Waals surface area contributed by atoms with Crippen molar-refractivity contribution >= 4 is 0 Å². The molecule has 1 heterocycles. The Morgan fingerprint density at radius 1 is 1.27 bits per heavy atom. The molecule has 0 N–H and O–H groups in total. The normalized spacial score (nSPS) is 30.3. The van der Waals surface area contributed by atoms with Crippen LogP contribution >= 0.6 is 0 Å². The monoisotopic (exact) mass is 208 g/mol. The van der Waals surface area contributed by atoms with Gasteiger partial charge in [-0.15, -0.1) is 0 Å². The van der Waals surface area contributed by atoms with Gasteiger partial charge >= 0.3 is 0 Å². The Morgan fingerprint density at radius 2 is 1.87 bits per heavy atom. The minimum absolute atomic E-state index is 0.178. The number of hydrogen-bond donors (Lipinski definition) is 0. The van der Waals surface area contributed by atoms with E-state index in [2.05, 4.69) is 27.7 Å². The molecule has 2 aliphatic rings. The lowest BCUT2D eigenvalue weighted by Crippen LogP contribution is -2.35. The third kappa shape index (κ3) is 1.66. The minimum atomic E-state index is -0.178. The van der Waals surface area contributed by atoms with Crippen LogP contribution in [0.2, 0.25) is 0 Å². The average molecular weight is 208 g/mol. The molecule has 0 bridgehead atoms. The molecule has 1 aliphatic carbocycles. The van der Waals surface area contributed by atoms with Crippen LogP contribution in [0, 0.1) is 11.3 Å². The van der Waals surface area contributed by atoms with Crippen LogP contribution in [-0.4, -0.2) is 6.29 Å². The van der Waals surface area contributed by atoms with Crippen molar-refractivity contribution in [1.82, 2.24) is 0 Å². The molecule has 0 aromatic carbocycles. The molecule has 1 atom stereocenters. The van der Waals surface area contributed by atoms with Gasteiger partial charge in [-0.1, -0.05) is 26.3 Å².